The van der Waals surface area contributed by atoms with Crippen molar-refractivity contribution in [1.29, 1.82) is 0 Å². The molecule has 2 aromatic carbocycles. The predicted molar refractivity (Wildman–Crippen MR) is 91.5 cm³/mol. The van der Waals surface area contributed by atoms with Gasteiger partial charge in [0.25, 0.3) is 0 Å². The van der Waals surface area contributed by atoms with E-state index in [2.05, 4.69) is 17.0 Å². The van der Waals surface area contributed by atoms with E-state index in [0.717, 1.165) is 6.54 Å². The fraction of sp³-hybridized carbons (Fsp3) is 0.333. The van der Waals surface area contributed by atoms with Crippen LogP contribution in [0.2, 0.25) is 0 Å². The first kappa shape index (κ1) is 17.1. The lowest BCUT2D eigenvalue weighted by Crippen LogP contribution is -2.53. The fourth-order valence-corrected chi connectivity index (χ4v) is 4.71. The highest BCUT2D eigenvalue weighted by Crippen LogP contribution is 2.22. The Bertz CT molecular complexity index is 778. The van der Waals surface area contributed by atoms with Crippen LogP contribution in [0.25, 0.3) is 0 Å². The minimum atomic E-state index is -3.58. The van der Waals surface area contributed by atoms with Gasteiger partial charge in [-0.2, -0.15) is 4.31 Å². The second-order valence-electron chi connectivity index (χ2n) is 6.14. The number of piperazine rings is 1. The number of rotatable bonds is 4. The van der Waals surface area contributed by atoms with Gasteiger partial charge >= 0.3 is 0 Å². The highest BCUT2D eigenvalue weighted by molar-refractivity contribution is 7.89. The third-order valence-electron chi connectivity index (χ3n) is 4.32. The zero-order chi connectivity index (χ0) is 17.2. The zero-order valence-corrected chi connectivity index (χ0v) is 14.4. The summed E-state index contributed by atoms with van der Waals surface area (Å²) in [5.74, 6) is -0.435. The van der Waals surface area contributed by atoms with Crippen LogP contribution in [0, 0.1) is 5.82 Å². The van der Waals surface area contributed by atoms with Gasteiger partial charge in [0.05, 0.1) is 4.90 Å². The van der Waals surface area contributed by atoms with Crippen LogP contribution in [0.1, 0.15) is 12.5 Å². The second kappa shape index (κ2) is 7.01. The van der Waals surface area contributed by atoms with Crippen molar-refractivity contribution in [3.8, 4) is 0 Å². The number of nitrogens with zero attached hydrogens (tertiary/aromatic N) is 2. The van der Waals surface area contributed by atoms with Crippen LogP contribution in [0.4, 0.5) is 4.39 Å². The maximum Gasteiger partial charge on any atom is 0.243 e. The second-order valence-corrected chi connectivity index (χ2v) is 8.03. The van der Waals surface area contributed by atoms with E-state index in [4.69, 9.17) is 0 Å². The summed E-state index contributed by atoms with van der Waals surface area (Å²) in [6.07, 6.45) is 0. The molecular formula is C18H21FN2O2S. The molecule has 6 heteroatoms. The zero-order valence-electron chi connectivity index (χ0n) is 13.6. The monoisotopic (exact) mass is 348 g/mol. The Labute approximate surface area is 142 Å². The van der Waals surface area contributed by atoms with Crippen LogP contribution >= 0.6 is 0 Å². The first-order chi connectivity index (χ1) is 11.5. The van der Waals surface area contributed by atoms with E-state index >= 15 is 0 Å². The Morgan fingerprint density at radius 1 is 1.04 bits per heavy atom. The Morgan fingerprint density at radius 3 is 2.33 bits per heavy atom. The van der Waals surface area contributed by atoms with Crippen molar-refractivity contribution >= 4 is 10.0 Å². The highest BCUT2D eigenvalue weighted by atomic mass is 32.2. The minimum absolute atomic E-state index is 0.127. The lowest BCUT2D eigenvalue weighted by atomic mass is 10.1. The van der Waals surface area contributed by atoms with Crippen molar-refractivity contribution in [3.05, 3.63) is 66.0 Å². The van der Waals surface area contributed by atoms with Crippen molar-refractivity contribution in [1.82, 2.24) is 9.21 Å². The van der Waals surface area contributed by atoms with Gasteiger partial charge in [-0.3, -0.25) is 4.90 Å². The standard InChI is InChI=1S/C18H21FN2O2S/c1-15-13-20(14-16-5-3-2-4-6-16)11-12-21(15)24(22,23)18-9-7-17(19)8-10-18/h2-10,15H,11-14H2,1H3. The summed E-state index contributed by atoms with van der Waals surface area (Å²) < 4.78 is 40.1. The summed E-state index contributed by atoms with van der Waals surface area (Å²) >= 11 is 0. The third-order valence-corrected chi connectivity index (χ3v) is 6.35. The van der Waals surface area contributed by atoms with Crippen LogP contribution in [0.5, 0.6) is 0 Å². The van der Waals surface area contributed by atoms with E-state index in [1.54, 1.807) is 0 Å². The minimum Gasteiger partial charge on any atom is -0.296 e. The molecule has 3 rings (SSSR count). The van der Waals surface area contributed by atoms with Crippen LogP contribution in [-0.4, -0.2) is 43.3 Å². The third kappa shape index (κ3) is 3.66. The van der Waals surface area contributed by atoms with Gasteiger partial charge < -0.3 is 0 Å². The average Bonchev–Trinajstić information content (AvgIpc) is 2.56. The number of sulfonamides is 1. The smallest absolute Gasteiger partial charge is 0.243 e. The van der Waals surface area contributed by atoms with Crippen LogP contribution in [0.15, 0.2) is 59.5 Å². The van der Waals surface area contributed by atoms with E-state index in [0.29, 0.717) is 19.6 Å². The van der Waals surface area contributed by atoms with Gasteiger partial charge in [0.15, 0.2) is 0 Å². The van der Waals surface area contributed by atoms with Crippen LogP contribution < -0.4 is 0 Å². The van der Waals surface area contributed by atoms with Crippen molar-refractivity contribution in [2.24, 2.45) is 0 Å². The van der Waals surface area contributed by atoms with Crippen molar-refractivity contribution in [2.75, 3.05) is 19.6 Å². The molecule has 0 bridgehead atoms. The molecule has 0 N–H and O–H groups in total. The largest absolute Gasteiger partial charge is 0.296 e. The molecule has 0 spiro atoms. The fourth-order valence-electron chi connectivity index (χ4n) is 3.10. The van der Waals surface area contributed by atoms with Gasteiger partial charge in [-0.1, -0.05) is 30.3 Å². The Morgan fingerprint density at radius 2 is 1.71 bits per heavy atom. The van der Waals surface area contributed by atoms with Crippen molar-refractivity contribution in [3.63, 3.8) is 0 Å². The number of hydrogen-bond donors (Lipinski definition) is 0. The molecule has 1 unspecified atom stereocenters. The van der Waals surface area contributed by atoms with Gasteiger partial charge in [0, 0.05) is 32.2 Å². The maximum absolute atomic E-state index is 13.0. The van der Waals surface area contributed by atoms with E-state index in [-0.39, 0.29) is 10.9 Å². The molecule has 2 aromatic rings. The quantitative estimate of drug-likeness (QED) is 0.853. The van der Waals surface area contributed by atoms with E-state index in [9.17, 15) is 12.8 Å². The molecule has 0 aliphatic carbocycles. The summed E-state index contributed by atoms with van der Waals surface area (Å²) in [5.41, 5.74) is 1.22. The van der Waals surface area contributed by atoms with Gasteiger partial charge in [0.1, 0.15) is 5.82 Å². The maximum atomic E-state index is 13.0. The number of halogens is 1. The molecule has 0 saturated carbocycles. The molecule has 4 nitrogen and oxygen atoms in total. The molecular weight excluding hydrogens is 327 g/mol. The molecule has 0 aromatic heterocycles. The number of benzene rings is 2. The van der Waals surface area contributed by atoms with Gasteiger partial charge in [0.2, 0.25) is 10.0 Å². The molecule has 1 fully saturated rings. The Hall–Kier alpha value is -1.76. The van der Waals surface area contributed by atoms with Crippen LogP contribution in [-0.2, 0) is 16.6 Å². The molecule has 0 radical (unpaired) electrons. The summed E-state index contributed by atoms with van der Waals surface area (Å²) in [7, 11) is -3.58. The molecule has 1 atom stereocenters. The summed E-state index contributed by atoms with van der Waals surface area (Å²) in [4.78, 5) is 2.41. The summed E-state index contributed by atoms with van der Waals surface area (Å²) in [5, 5.41) is 0. The van der Waals surface area contributed by atoms with Crippen molar-refractivity contribution < 1.29 is 12.8 Å². The van der Waals surface area contributed by atoms with Crippen molar-refractivity contribution in [2.45, 2.75) is 24.4 Å². The Kier molecular flexibility index (Phi) is 4.99. The summed E-state index contributed by atoms with van der Waals surface area (Å²) in [6.45, 7) is 4.52. The SMILES string of the molecule is CC1CN(Cc2ccccc2)CCN1S(=O)(=O)c1ccc(F)cc1. The van der Waals surface area contributed by atoms with Gasteiger partial charge in [-0.25, -0.2) is 12.8 Å². The van der Waals surface area contributed by atoms with Gasteiger partial charge in [-0.05, 0) is 36.8 Å². The lowest BCUT2D eigenvalue weighted by molar-refractivity contribution is 0.138. The van der Waals surface area contributed by atoms with E-state index < -0.39 is 15.8 Å². The predicted octanol–water partition coefficient (Wildman–Crippen LogP) is 2.72. The molecule has 0 amide bonds. The first-order valence-electron chi connectivity index (χ1n) is 8.00. The molecule has 1 aliphatic rings. The highest BCUT2D eigenvalue weighted by Gasteiger charge is 2.33. The molecule has 128 valence electrons. The van der Waals surface area contributed by atoms with E-state index in [1.165, 1.54) is 34.1 Å². The Balaban J connectivity index is 1.70. The first-order valence-corrected chi connectivity index (χ1v) is 9.44. The summed E-state index contributed by atoms with van der Waals surface area (Å²) in [6, 6.07) is 15.0. The van der Waals surface area contributed by atoms with Gasteiger partial charge in [-0.15, -0.1) is 0 Å². The molecule has 1 heterocycles. The lowest BCUT2D eigenvalue weighted by Gasteiger charge is -2.39. The van der Waals surface area contributed by atoms with E-state index in [1.807, 2.05) is 25.1 Å². The average molecular weight is 348 g/mol. The topological polar surface area (TPSA) is 40.6 Å². The molecule has 1 aliphatic heterocycles. The molecule has 1 saturated heterocycles. The molecule has 24 heavy (non-hydrogen) atoms. The number of hydrogen-bond acceptors (Lipinski definition) is 3. The van der Waals surface area contributed by atoms with Crippen LogP contribution in [0.3, 0.4) is 0 Å². The normalized spacial score (nSPS) is 20.2.